The van der Waals surface area contributed by atoms with Gasteiger partial charge in [-0.15, -0.1) is 15.7 Å². The summed E-state index contributed by atoms with van der Waals surface area (Å²) in [6, 6.07) is 5.04. The maximum atomic E-state index is 14.1. The number of anilines is 1. The van der Waals surface area contributed by atoms with Gasteiger partial charge in [0.1, 0.15) is 32.7 Å². The standard InChI is InChI=1S/C26H32N4O8S3/c1-37-17-10-9-15(20(11-17)38-2)13-30-19-8-6-4-5-7-18(19)22(31)21(26(30)32)24-28-25-23(41(35,36)29-24)16(14-39-25)12-27-40(3,33)34/h9-11,14,18-19,27,31H,4-8,12-13H2,1-3H3,(H,28,29)/t18-,19+/m1/s1. The topological polar surface area (TPSA) is 164 Å². The summed E-state index contributed by atoms with van der Waals surface area (Å²) in [6.07, 6.45) is 5.01. The SMILES string of the molecule is COc1ccc(CN2C(=O)C(C3=NS(=O)(=O)c4c(CNS(C)(=O)=O)csc4N3)=C(O)[C@@H]3CCCCC[C@@H]32)c(OC)c1. The van der Waals surface area contributed by atoms with Gasteiger partial charge in [-0.3, -0.25) is 4.79 Å². The fourth-order valence-electron chi connectivity index (χ4n) is 5.63. The highest BCUT2D eigenvalue weighted by Gasteiger charge is 2.45. The van der Waals surface area contributed by atoms with Gasteiger partial charge in [-0.2, -0.15) is 8.42 Å². The molecule has 0 bridgehead atoms. The summed E-state index contributed by atoms with van der Waals surface area (Å²) in [5.74, 6) is -0.203. The number of aliphatic hydroxyl groups is 1. The molecular formula is C26H32N4O8S3. The maximum Gasteiger partial charge on any atom is 0.287 e. The van der Waals surface area contributed by atoms with E-state index in [0.29, 0.717) is 24.3 Å². The van der Waals surface area contributed by atoms with Gasteiger partial charge in [0.25, 0.3) is 15.9 Å². The van der Waals surface area contributed by atoms with Crippen molar-refractivity contribution in [3.05, 3.63) is 46.0 Å². The zero-order valence-electron chi connectivity index (χ0n) is 22.8. The number of amidine groups is 1. The Hall–Kier alpha value is -3.14. The number of benzene rings is 1. The Balaban J connectivity index is 1.54. The summed E-state index contributed by atoms with van der Waals surface area (Å²) < 4.78 is 66.9. The van der Waals surface area contributed by atoms with Crippen LogP contribution in [0.2, 0.25) is 0 Å². The molecule has 41 heavy (non-hydrogen) atoms. The number of carbonyl (C=O) groups excluding carboxylic acids is 1. The van der Waals surface area contributed by atoms with Crippen LogP contribution in [0.3, 0.4) is 0 Å². The molecule has 5 rings (SSSR count). The lowest BCUT2D eigenvalue weighted by Gasteiger charge is -2.41. The molecule has 0 radical (unpaired) electrons. The van der Waals surface area contributed by atoms with E-state index in [-0.39, 0.29) is 57.7 Å². The molecule has 15 heteroatoms. The number of carbonyl (C=O) groups is 1. The number of nitrogens with one attached hydrogen (secondary N) is 2. The number of hydrogen-bond donors (Lipinski definition) is 3. The molecule has 0 unspecified atom stereocenters. The number of nitrogens with zero attached hydrogens (tertiary/aromatic N) is 2. The minimum atomic E-state index is -4.32. The van der Waals surface area contributed by atoms with Crippen LogP contribution >= 0.6 is 11.3 Å². The van der Waals surface area contributed by atoms with Gasteiger partial charge in [0.05, 0.1) is 20.5 Å². The average molecular weight is 625 g/mol. The Bertz CT molecular complexity index is 1650. The molecule has 1 aromatic heterocycles. The second-order valence-corrected chi connectivity index (χ2v) is 14.5. The van der Waals surface area contributed by atoms with Crippen LogP contribution in [0.4, 0.5) is 5.00 Å². The van der Waals surface area contributed by atoms with Crippen molar-refractivity contribution >= 4 is 48.1 Å². The summed E-state index contributed by atoms with van der Waals surface area (Å²) in [6.45, 7) is -0.0555. The van der Waals surface area contributed by atoms with Gasteiger partial charge in [0.15, 0.2) is 5.84 Å². The lowest BCUT2D eigenvalue weighted by Crippen LogP contribution is -2.51. The largest absolute Gasteiger partial charge is 0.511 e. The summed E-state index contributed by atoms with van der Waals surface area (Å²) in [5, 5.41) is 16.1. The lowest BCUT2D eigenvalue weighted by molar-refractivity contribution is -0.132. The molecule has 2 aliphatic heterocycles. The van der Waals surface area contributed by atoms with Crippen LogP contribution in [0.1, 0.15) is 43.2 Å². The first-order valence-corrected chi connectivity index (χ1v) is 17.3. The zero-order chi connectivity index (χ0) is 29.5. The monoisotopic (exact) mass is 624 g/mol. The van der Waals surface area contributed by atoms with Crippen LogP contribution in [0.25, 0.3) is 0 Å². The number of amides is 1. The average Bonchev–Trinajstić information content (AvgIpc) is 3.18. The molecule has 1 amide bonds. The molecule has 12 nitrogen and oxygen atoms in total. The number of sulfonamides is 2. The number of rotatable bonds is 8. The van der Waals surface area contributed by atoms with Crippen molar-refractivity contribution in [1.29, 1.82) is 0 Å². The lowest BCUT2D eigenvalue weighted by atomic mass is 9.84. The van der Waals surface area contributed by atoms with E-state index in [9.17, 15) is 26.7 Å². The number of hydrogen-bond acceptors (Lipinski definition) is 10. The Morgan fingerprint density at radius 3 is 2.63 bits per heavy atom. The minimum absolute atomic E-state index is 0.155. The Morgan fingerprint density at radius 2 is 1.93 bits per heavy atom. The summed E-state index contributed by atoms with van der Waals surface area (Å²) in [5.41, 5.74) is 0.787. The highest BCUT2D eigenvalue weighted by atomic mass is 32.2. The maximum absolute atomic E-state index is 14.1. The first-order valence-electron chi connectivity index (χ1n) is 13.1. The molecule has 0 saturated heterocycles. The summed E-state index contributed by atoms with van der Waals surface area (Å²) in [7, 11) is -4.80. The third kappa shape index (κ3) is 5.80. The summed E-state index contributed by atoms with van der Waals surface area (Å²) >= 11 is 1.05. The van der Waals surface area contributed by atoms with Crippen molar-refractivity contribution in [3.63, 3.8) is 0 Å². The molecule has 222 valence electrons. The van der Waals surface area contributed by atoms with E-state index in [1.165, 1.54) is 12.5 Å². The van der Waals surface area contributed by atoms with Gasteiger partial charge >= 0.3 is 0 Å². The normalized spacial score (nSPS) is 22.3. The van der Waals surface area contributed by atoms with Crippen molar-refractivity contribution in [2.45, 2.75) is 56.1 Å². The van der Waals surface area contributed by atoms with Crippen LogP contribution in [-0.2, 0) is 37.9 Å². The molecule has 1 aromatic carbocycles. The minimum Gasteiger partial charge on any atom is -0.511 e. The van der Waals surface area contributed by atoms with Crippen LogP contribution in [0.15, 0.2) is 44.2 Å². The van der Waals surface area contributed by atoms with Gasteiger partial charge in [-0.1, -0.05) is 19.3 Å². The fraction of sp³-hybridized carbons (Fsp3) is 0.462. The number of aliphatic hydroxyl groups excluding tert-OH is 1. The number of thiophene rings is 1. The number of ether oxygens (including phenoxy) is 2. The Morgan fingerprint density at radius 1 is 1.17 bits per heavy atom. The third-order valence-corrected chi connectivity index (χ3v) is 10.7. The predicted octanol–water partition coefficient (Wildman–Crippen LogP) is 3.13. The molecule has 0 spiro atoms. The van der Waals surface area contributed by atoms with Crippen molar-refractivity contribution in [1.82, 2.24) is 9.62 Å². The number of methoxy groups -OCH3 is 2. The molecule has 3 aliphatic rings. The molecular weight excluding hydrogens is 593 g/mol. The van der Waals surface area contributed by atoms with E-state index < -0.39 is 26.0 Å². The second-order valence-electron chi connectivity index (χ2n) is 10.2. The van der Waals surface area contributed by atoms with Gasteiger partial charge in [-0.05, 0) is 30.4 Å². The summed E-state index contributed by atoms with van der Waals surface area (Å²) in [4.78, 5) is 15.6. The molecule has 3 heterocycles. The van der Waals surface area contributed by atoms with Crippen molar-refractivity contribution in [2.24, 2.45) is 10.3 Å². The van der Waals surface area contributed by atoms with Gasteiger partial charge in [0, 0.05) is 42.2 Å². The molecule has 2 aromatic rings. The third-order valence-electron chi connectivity index (χ3n) is 7.58. The highest BCUT2D eigenvalue weighted by Crippen LogP contribution is 2.42. The predicted molar refractivity (Wildman–Crippen MR) is 154 cm³/mol. The van der Waals surface area contributed by atoms with E-state index >= 15 is 0 Å². The fourth-order valence-corrected chi connectivity index (χ4v) is 8.66. The van der Waals surface area contributed by atoms with E-state index in [4.69, 9.17) is 9.47 Å². The van der Waals surface area contributed by atoms with E-state index in [1.54, 1.807) is 24.1 Å². The number of fused-ring (bicyclic) bond motifs is 2. The van der Waals surface area contributed by atoms with Gasteiger partial charge in [-0.25, -0.2) is 13.1 Å². The first-order chi connectivity index (χ1) is 19.4. The Labute approximate surface area is 243 Å². The molecule has 1 aliphatic carbocycles. The van der Waals surface area contributed by atoms with Crippen molar-refractivity contribution in [2.75, 3.05) is 25.8 Å². The van der Waals surface area contributed by atoms with Crippen LogP contribution in [-0.4, -0.2) is 65.1 Å². The molecule has 1 fully saturated rings. The smallest absolute Gasteiger partial charge is 0.287 e. The van der Waals surface area contributed by atoms with Crippen LogP contribution in [0.5, 0.6) is 11.5 Å². The molecule has 3 N–H and O–H groups in total. The van der Waals surface area contributed by atoms with E-state index in [2.05, 4.69) is 14.4 Å². The van der Waals surface area contributed by atoms with Crippen molar-refractivity contribution < 1.29 is 36.2 Å². The van der Waals surface area contributed by atoms with Gasteiger partial charge < -0.3 is 24.8 Å². The molecule has 1 saturated carbocycles. The van der Waals surface area contributed by atoms with Crippen LogP contribution < -0.4 is 19.5 Å². The second kappa shape index (κ2) is 11.3. The Kier molecular flexibility index (Phi) is 8.07. The van der Waals surface area contributed by atoms with Crippen molar-refractivity contribution in [3.8, 4) is 11.5 Å². The quantitative estimate of drug-likeness (QED) is 0.400. The van der Waals surface area contributed by atoms with Crippen LogP contribution in [0, 0.1) is 5.92 Å². The highest BCUT2D eigenvalue weighted by molar-refractivity contribution is 7.91. The van der Waals surface area contributed by atoms with E-state index in [1.807, 2.05) is 6.07 Å². The zero-order valence-corrected chi connectivity index (χ0v) is 25.3. The van der Waals surface area contributed by atoms with Gasteiger partial charge in [0.2, 0.25) is 10.0 Å². The van der Waals surface area contributed by atoms with E-state index in [0.717, 1.165) is 42.4 Å². The molecule has 2 atom stereocenters. The first kappa shape index (κ1) is 29.4.